The minimum absolute atomic E-state index is 0.0465. The zero-order chi connectivity index (χ0) is 20.3. The predicted octanol–water partition coefficient (Wildman–Crippen LogP) is 4.22. The highest BCUT2D eigenvalue weighted by atomic mass is 16.6. The average Bonchev–Trinajstić information content (AvgIpc) is 2.67. The van der Waals surface area contributed by atoms with Gasteiger partial charge in [-0.05, 0) is 37.6 Å². The quantitative estimate of drug-likeness (QED) is 0.407. The van der Waals surface area contributed by atoms with Crippen LogP contribution < -0.4 is 10.7 Å². The van der Waals surface area contributed by atoms with E-state index in [0.717, 1.165) is 5.56 Å². The van der Waals surface area contributed by atoms with Crippen molar-refractivity contribution < 1.29 is 14.1 Å². The van der Waals surface area contributed by atoms with Crippen molar-refractivity contribution >= 4 is 34.3 Å². The number of nitro benzene ring substituents is 1. The molecule has 0 aliphatic heterocycles. The molecular weight excluding hydrogens is 360 g/mol. The zero-order valence-electron chi connectivity index (χ0n) is 15.4. The molecule has 3 aromatic rings. The third-order valence-electron chi connectivity index (χ3n) is 4.30. The molecule has 0 fully saturated rings. The van der Waals surface area contributed by atoms with Crippen molar-refractivity contribution in [3.8, 4) is 0 Å². The lowest BCUT2D eigenvalue weighted by Gasteiger charge is -2.05. The van der Waals surface area contributed by atoms with Gasteiger partial charge in [0.1, 0.15) is 11.8 Å². The third kappa shape index (κ3) is 3.98. The molecule has 142 valence electrons. The Kier molecular flexibility index (Phi) is 5.35. The van der Waals surface area contributed by atoms with Gasteiger partial charge in [0.25, 0.3) is 5.69 Å². The van der Waals surface area contributed by atoms with E-state index < -0.39 is 10.8 Å². The van der Waals surface area contributed by atoms with Crippen LogP contribution in [0.25, 0.3) is 17.0 Å². The molecule has 0 bridgehead atoms. The summed E-state index contributed by atoms with van der Waals surface area (Å²) < 4.78 is 5.44. The van der Waals surface area contributed by atoms with Crippen molar-refractivity contribution in [1.29, 1.82) is 0 Å². The maximum Gasteiger partial charge on any atom is 0.274 e. The highest BCUT2D eigenvalue weighted by Gasteiger charge is 2.13. The first kappa shape index (κ1) is 19.0. The predicted molar refractivity (Wildman–Crippen MR) is 107 cm³/mol. The van der Waals surface area contributed by atoms with E-state index in [-0.39, 0.29) is 16.7 Å². The van der Waals surface area contributed by atoms with E-state index >= 15 is 0 Å². The van der Waals surface area contributed by atoms with Crippen molar-refractivity contribution in [3.63, 3.8) is 0 Å². The molecule has 7 nitrogen and oxygen atoms in total. The van der Waals surface area contributed by atoms with Crippen molar-refractivity contribution in [1.82, 2.24) is 0 Å². The molecule has 0 spiro atoms. The van der Waals surface area contributed by atoms with Crippen LogP contribution in [0, 0.1) is 17.0 Å². The van der Waals surface area contributed by atoms with Crippen molar-refractivity contribution in [3.05, 3.63) is 85.8 Å². The van der Waals surface area contributed by atoms with Gasteiger partial charge >= 0.3 is 0 Å². The highest BCUT2D eigenvalue weighted by molar-refractivity contribution is 6.02. The fourth-order valence-electron chi connectivity index (χ4n) is 2.83. The second-order valence-corrected chi connectivity index (χ2v) is 6.30. The maximum absolute atomic E-state index is 12.5. The van der Waals surface area contributed by atoms with Crippen LogP contribution in [-0.4, -0.2) is 10.8 Å². The molecule has 0 atom stereocenters. The number of carbonyl (C=O) groups excluding carboxylic acids is 1. The summed E-state index contributed by atoms with van der Waals surface area (Å²) in [5.41, 5.74) is 2.24. The summed E-state index contributed by atoms with van der Waals surface area (Å²) in [5.74, 6) is -0.512. The maximum atomic E-state index is 12.5. The van der Waals surface area contributed by atoms with Gasteiger partial charge in [0.05, 0.1) is 15.9 Å². The Labute approximate surface area is 160 Å². The van der Waals surface area contributed by atoms with Gasteiger partial charge in [-0.15, -0.1) is 0 Å². The minimum atomic E-state index is -0.512. The molecule has 3 rings (SSSR count). The summed E-state index contributed by atoms with van der Waals surface area (Å²) in [7, 11) is 0. The Bertz CT molecular complexity index is 1160. The van der Waals surface area contributed by atoms with Crippen LogP contribution in [0.2, 0.25) is 0 Å². The molecule has 1 N–H and O–H groups in total. The first-order valence-electron chi connectivity index (χ1n) is 8.67. The molecule has 2 aromatic carbocycles. The summed E-state index contributed by atoms with van der Waals surface area (Å²) in [6.07, 6.45) is 4.36. The first-order valence-corrected chi connectivity index (χ1v) is 8.67. The molecule has 1 aromatic heterocycles. The fourth-order valence-corrected chi connectivity index (χ4v) is 2.83. The number of fused-ring (bicyclic) bond motifs is 1. The number of hydrogen-bond donors (Lipinski definition) is 1. The molecule has 0 saturated heterocycles. The molecule has 7 heteroatoms. The largest absolute Gasteiger partial charge is 0.463 e. The molecule has 0 saturated carbocycles. The van der Waals surface area contributed by atoms with E-state index in [1.54, 1.807) is 24.3 Å². The Morgan fingerprint density at radius 2 is 2.04 bits per heavy atom. The monoisotopic (exact) mass is 378 g/mol. The minimum Gasteiger partial charge on any atom is -0.463 e. The smallest absolute Gasteiger partial charge is 0.274 e. The number of hydrogen-bond acceptors (Lipinski definition) is 5. The standard InChI is InChI=1S/C21H18N2O5/c1-3-14-5-7-16(11-18(14)23(26)27)22-20(24)9-6-15-12-28-19-8-4-13(2)10-17(19)21(15)25/h4-12H,3H2,1-2H3,(H,22,24)/b9-6+. The third-order valence-corrected chi connectivity index (χ3v) is 4.30. The number of nitrogens with zero attached hydrogens (tertiary/aromatic N) is 1. The van der Waals surface area contributed by atoms with E-state index in [1.807, 2.05) is 19.9 Å². The summed E-state index contributed by atoms with van der Waals surface area (Å²) in [5, 5.41) is 14.1. The number of carbonyl (C=O) groups is 1. The fraction of sp³-hybridized carbons (Fsp3) is 0.143. The molecular formula is C21H18N2O5. The van der Waals surface area contributed by atoms with Crippen LogP contribution in [0.3, 0.4) is 0 Å². The number of nitro groups is 1. The van der Waals surface area contributed by atoms with Crippen LogP contribution in [0.1, 0.15) is 23.6 Å². The molecule has 0 unspecified atom stereocenters. The highest BCUT2D eigenvalue weighted by Crippen LogP contribution is 2.23. The SMILES string of the molecule is CCc1ccc(NC(=O)/C=C/c2coc3ccc(C)cc3c2=O)cc1[N+](=O)[O-]. The van der Waals surface area contributed by atoms with Gasteiger partial charge in [0.2, 0.25) is 5.91 Å². The molecule has 28 heavy (non-hydrogen) atoms. The van der Waals surface area contributed by atoms with Crippen LogP contribution in [0.4, 0.5) is 11.4 Å². The van der Waals surface area contributed by atoms with Crippen LogP contribution >= 0.6 is 0 Å². The van der Waals surface area contributed by atoms with Gasteiger partial charge in [0.15, 0.2) is 5.43 Å². The lowest BCUT2D eigenvalue weighted by Crippen LogP contribution is -2.10. The van der Waals surface area contributed by atoms with Crippen molar-refractivity contribution in [2.45, 2.75) is 20.3 Å². The van der Waals surface area contributed by atoms with E-state index in [0.29, 0.717) is 28.6 Å². The van der Waals surface area contributed by atoms with Gasteiger partial charge in [-0.2, -0.15) is 0 Å². The number of nitrogens with one attached hydrogen (secondary N) is 1. The Morgan fingerprint density at radius 3 is 2.75 bits per heavy atom. The van der Waals surface area contributed by atoms with E-state index in [4.69, 9.17) is 4.42 Å². The summed E-state index contributed by atoms with van der Waals surface area (Å²) in [4.78, 5) is 35.3. The second kappa shape index (κ2) is 7.87. The van der Waals surface area contributed by atoms with Crippen LogP contribution in [0.15, 0.2) is 57.9 Å². The lowest BCUT2D eigenvalue weighted by molar-refractivity contribution is -0.385. The van der Waals surface area contributed by atoms with E-state index in [9.17, 15) is 19.7 Å². The van der Waals surface area contributed by atoms with Crippen molar-refractivity contribution in [2.75, 3.05) is 5.32 Å². The summed E-state index contributed by atoms with van der Waals surface area (Å²) in [6.45, 7) is 3.69. The molecule has 0 aliphatic carbocycles. The van der Waals surface area contributed by atoms with Crippen LogP contribution in [0.5, 0.6) is 0 Å². The number of aryl methyl sites for hydroxylation is 2. The normalized spacial score (nSPS) is 11.1. The number of amides is 1. The molecule has 0 aliphatic rings. The summed E-state index contributed by atoms with van der Waals surface area (Å²) >= 11 is 0. The van der Waals surface area contributed by atoms with E-state index in [1.165, 1.54) is 24.5 Å². The molecule has 0 radical (unpaired) electrons. The second-order valence-electron chi connectivity index (χ2n) is 6.30. The lowest BCUT2D eigenvalue weighted by atomic mass is 10.1. The topological polar surface area (TPSA) is 102 Å². The Balaban J connectivity index is 1.82. The zero-order valence-corrected chi connectivity index (χ0v) is 15.4. The van der Waals surface area contributed by atoms with Gasteiger partial charge in [-0.25, -0.2) is 0 Å². The number of benzene rings is 2. The Morgan fingerprint density at radius 1 is 1.25 bits per heavy atom. The molecule has 1 heterocycles. The first-order chi connectivity index (χ1) is 13.4. The average molecular weight is 378 g/mol. The van der Waals surface area contributed by atoms with Gasteiger partial charge in [0, 0.05) is 23.4 Å². The molecule has 1 amide bonds. The van der Waals surface area contributed by atoms with Gasteiger partial charge in [-0.1, -0.05) is 24.6 Å². The van der Waals surface area contributed by atoms with E-state index in [2.05, 4.69) is 5.32 Å². The Hall–Kier alpha value is -3.74. The summed E-state index contributed by atoms with van der Waals surface area (Å²) in [6, 6.07) is 9.82. The number of rotatable bonds is 5. The van der Waals surface area contributed by atoms with Gasteiger partial charge in [-0.3, -0.25) is 19.7 Å². The number of anilines is 1. The van der Waals surface area contributed by atoms with Crippen LogP contribution in [-0.2, 0) is 11.2 Å². The van der Waals surface area contributed by atoms with Gasteiger partial charge < -0.3 is 9.73 Å². The van der Waals surface area contributed by atoms with Crippen molar-refractivity contribution in [2.24, 2.45) is 0 Å².